The molecule has 2 aliphatic heterocycles. The molecule has 1 aromatic carbocycles. The van der Waals surface area contributed by atoms with E-state index in [1.807, 2.05) is 0 Å². The predicted octanol–water partition coefficient (Wildman–Crippen LogP) is 1.61. The van der Waals surface area contributed by atoms with E-state index in [4.69, 9.17) is 28.3 Å². The second kappa shape index (κ2) is 6.78. The molecule has 6 nitrogen and oxygen atoms in total. The van der Waals surface area contributed by atoms with E-state index in [1.54, 1.807) is 11.0 Å². The van der Waals surface area contributed by atoms with Crippen LogP contribution in [0.3, 0.4) is 0 Å². The summed E-state index contributed by atoms with van der Waals surface area (Å²) >= 11 is 12.3. The van der Waals surface area contributed by atoms with E-state index in [2.05, 4.69) is 0 Å². The Morgan fingerprint density at radius 1 is 1.33 bits per heavy atom. The minimum Gasteiger partial charge on any atom is -0.508 e. The smallest absolute Gasteiger partial charge is 0.248 e. The van der Waals surface area contributed by atoms with E-state index in [-0.39, 0.29) is 30.2 Å². The van der Waals surface area contributed by atoms with Crippen molar-refractivity contribution in [3.05, 3.63) is 27.7 Å². The molecule has 8 heteroatoms. The molecular formula is C16H18Cl2N2O4. The maximum atomic E-state index is 12.2. The molecule has 2 aliphatic rings. The van der Waals surface area contributed by atoms with Crippen LogP contribution in [0.15, 0.2) is 12.1 Å². The van der Waals surface area contributed by atoms with Gasteiger partial charge in [-0.1, -0.05) is 23.2 Å². The molecule has 0 saturated carbocycles. The van der Waals surface area contributed by atoms with Crippen molar-refractivity contribution < 1.29 is 19.8 Å². The number of hydrogen-bond acceptors (Lipinski definition) is 4. The average molecular weight is 373 g/mol. The first-order chi connectivity index (χ1) is 11.4. The predicted molar refractivity (Wildman–Crippen MR) is 89.3 cm³/mol. The maximum Gasteiger partial charge on any atom is 0.248 e. The van der Waals surface area contributed by atoms with Gasteiger partial charge >= 0.3 is 0 Å². The second-order valence-electron chi connectivity index (χ2n) is 6.19. The minimum absolute atomic E-state index is 0.00370. The lowest BCUT2D eigenvalue weighted by Gasteiger charge is -2.46. The van der Waals surface area contributed by atoms with E-state index in [0.29, 0.717) is 41.5 Å². The molecule has 0 radical (unpaired) electrons. The molecule has 2 amide bonds. The Bertz CT molecular complexity index is 682. The number of benzene rings is 1. The number of fused-ring (bicyclic) bond motifs is 1. The van der Waals surface area contributed by atoms with Gasteiger partial charge in [0.05, 0.1) is 16.6 Å². The SMILES string of the molecule is O=C(CO)N1CC(=O)N2CC[C@@H](c3c(O)ccc(Cl)c3Cl)C[C@H]2C1. The third kappa shape index (κ3) is 3.06. The number of halogens is 2. The summed E-state index contributed by atoms with van der Waals surface area (Å²) in [6.07, 6.45) is 1.25. The summed E-state index contributed by atoms with van der Waals surface area (Å²) in [7, 11) is 0. The Morgan fingerprint density at radius 3 is 2.79 bits per heavy atom. The molecule has 2 saturated heterocycles. The van der Waals surface area contributed by atoms with Crippen molar-refractivity contribution in [2.24, 2.45) is 0 Å². The molecule has 0 aliphatic carbocycles. The van der Waals surface area contributed by atoms with Gasteiger partial charge in [0, 0.05) is 24.7 Å². The Balaban J connectivity index is 1.83. The van der Waals surface area contributed by atoms with Crippen LogP contribution >= 0.6 is 23.2 Å². The largest absolute Gasteiger partial charge is 0.508 e. The number of aliphatic hydroxyl groups excluding tert-OH is 1. The summed E-state index contributed by atoms with van der Waals surface area (Å²) in [6.45, 7) is 0.312. The number of rotatable bonds is 2. The molecule has 0 unspecified atom stereocenters. The summed E-state index contributed by atoms with van der Waals surface area (Å²) in [5, 5.41) is 19.9. The number of phenolic OH excluding ortho intramolecular Hbond substituents is 1. The molecule has 1 aromatic rings. The summed E-state index contributed by atoms with van der Waals surface area (Å²) < 4.78 is 0. The number of carbonyl (C=O) groups is 2. The quantitative estimate of drug-likeness (QED) is 0.826. The number of nitrogens with zero attached hydrogens (tertiary/aromatic N) is 2. The van der Waals surface area contributed by atoms with Crippen LogP contribution in [0.5, 0.6) is 5.75 Å². The van der Waals surface area contributed by atoms with Crippen LogP contribution in [0.2, 0.25) is 10.0 Å². The number of phenols is 1. The molecule has 2 heterocycles. The first-order valence-corrected chi connectivity index (χ1v) is 8.53. The van der Waals surface area contributed by atoms with Gasteiger partial charge in [0.1, 0.15) is 12.4 Å². The standard InChI is InChI=1S/C16H18Cl2N2O4/c17-11-1-2-12(22)15(16(11)18)9-3-4-20-10(5-9)6-19(7-13(20)23)14(24)8-21/h1-2,9-10,21-22H,3-8H2/t9-,10+/m1/s1. The maximum absolute atomic E-state index is 12.2. The zero-order valence-corrected chi connectivity index (χ0v) is 14.4. The van der Waals surface area contributed by atoms with Gasteiger partial charge in [-0.3, -0.25) is 9.59 Å². The van der Waals surface area contributed by atoms with Crippen LogP contribution < -0.4 is 0 Å². The van der Waals surface area contributed by atoms with Crippen LogP contribution in [0.4, 0.5) is 0 Å². The highest BCUT2D eigenvalue weighted by Crippen LogP contribution is 2.43. The minimum atomic E-state index is -0.607. The van der Waals surface area contributed by atoms with Gasteiger partial charge in [0.15, 0.2) is 0 Å². The summed E-state index contributed by atoms with van der Waals surface area (Å²) in [5.41, 5.74) is 0.599. The fraction of sp³-hybridized carbons (Fsp3) is 0.500. The molecule has 24 heavy (non-hydrogen) atoms. The van der Waals surface area contributed by atoms with Crippen molar-refractivity contribution >= 4 is 35.0 Å². The number of hydrogen-bond donors (Lipinski definition) is 2. The van der Waals surface area contributed by atoms with E-state index in [9.17, 15) is 14.7 Å². The fourth-order valence-corrected chi connectivity index (χ4v) is 4.10. The highest BCUT2D eigenvalue weighted by atomic mass is 35.5. The number of piperidine rings is 1. The van der Waals surface area contributed by atoms with Gasteiger partial charge < -0.3 is 20.0 Å². The molecule has 2 N–H and O–H groups in total. The van der Waals surface area contributed by atoms with Gasteiger partial charge in [0.25, 0.3) is 0 Å². The van der Waals surface area contributed by atoms with Crippen LogP contribution in [-0.4, -0.2) is 64.1 Å². The van der Waals surface area contributed by atoms with Gasteiger partial charge in [-0.2, -0.15) is 0 Å². The number of carbonyl (C=O) groups excluding carboxylic acids is 2. The van der Waals surface area contributed by atoms with Crippen molar-refractivity contribution in [3.8, 4) is 5.75 Å². The van der Waals surface area contributed by atoms with Crippen molar-refractivity contribution in [2.45, 2.75) is 24.8 Å². The van der Waals surface area contributed by atoms with Crippen LogP contribution in [0.25, 0.3) is 0 Å². The Hall–Kier alpha value is -1.50. The van der Waals surface area contributed by atoms with Gasteiger partial charge in [-0.15, -0.1) is 0 Å². The Kier molecular flexibility index (Phi) is 4.90. The molecule has 0 bridgehead atoms. The molecule has 2 fully saturated rings. The van der Waals surface area contributed by atoms with Crippen molar-refractivity contribution in [1.29, 1.82) is 0 Å². The third-order valence-electron chi connectivity index (χ3n) is 4.80. The lowest BCUT2D eigenvalue weighted by Crippen LogP contribution is -2.60. The lowest BCUT2D eigenvalue weighted by molar-refractivity contribution is -0.151. The monoisotopic (exact) mass is 372 g/mol. The van der Waals surface area contributed by atoms with Crippen LogP contribution in [0, 0.1) is 0 Å². The molecule has 0 aromatic heterocycles. The van der Waals surface area contributed by atoms with Crippen LogP contribution in [0.1, 0.15) is 24.3 Å². The van der Waals surface area contributed by atoms with Gasteiger partial charge in [-0.05, 0) is 30.9 Å². The number of aliphatic hydroxyl groups is 1. The molecule has 2 atom stereocenters. The second-order valence-corrected chi connectivity index (χ2v) is 6.97. The summed E-state index contributed by atoms with van der Waals surface area (Å²) in [5.74, 6) is -0.524. The molecule has 130 valence electrons. The fourth-order valence-electron chi connectivity index (χ4n) is 3.62. The van der Waals surface area contributed by atoms with Gasteiger partial charge in [-0.25, -0.2) is 0 Å². The van der Waals surface area contributed by atoms with E-state index >= 15 is 0 Å². The molecule has 3 rings (SSSR count). The first-order valence-electron chi connectivity index (χ1n) is 7.77. The first kappa shape index (κ1) is 17.3. The van der Waals surface area contributed by atoms with Crippen molar-refractivity contribution in [2.75, 3.05) is 26.2 Å². The topological polar surface area (TPSA) is 81.1 Å². The highest BCUT2D eigenvalue weighted by molar-refractivity contribution is 6.42. The molecule has 0 spiro atoms. The number of amides is 2. The van der Waals surface area contributed by atoms with Crippen molar-refractivity contribution in [3.63, 3.8) is 0 Å². The number of aromatic hydroxyl groups is 1. The Labute approximate surface area is 149 Å². The van der Waals surface area contributed by atoms with E-state index < -0.39 is 12.5 Å². The molecular weight excluding hydrogens is 355 g/mol. The van der Waals surface area contributed by atoms with E-state index in [0.717, 1.165) is 0 Å². The third-order valence-corrected chi connectivity index (χ3v) is 5.62. The summed E-state index contributed by atoms with van der Waals surface area (Å²) in [4.78, 5) is 27.1. The van der Waals surface area contributed by atoms with Crippen LogP contribution in [-0.2, 0) is 9.59 Å². The van der Waals surface area contributed by atoms with Crippen molar-refractivity contribution in [1.82, 2.24) is 9.80 Å². The highest BCUT2D eigenvalue weighted by Gasteiger charge is 2.39. The van der Waals surface area contributed by atoms with E-state index in [1.165, 1.54) is 11.0 Å². The normalized spacial score (nSPS) is 24.0. The lowest BCUT2D eigenvalue weighted by atomic mass is 9.83. The van der Waals surface area contributed by atoms with Gasteiger partial charge in [0.2, 0.25) is 11.8 Å². The summed E-state index contributed by atoms with van der Waals surface area (Å²) in [6, 6.07) is 2.91. The zero-order chi connectivity index (χ0) is 17.4. The number of piperazine rings is 1. The Morgan fingerprint density at radius 2 is 2.08 bits per heavy atom. The zero-order valence-electron chi connectivity index (χ0n) is 12.9. The average Bonchev–Trinajstić information content (AvgIpc) is 2.57.